The Morgan fingerprint density at radius 1 is 1.39 bits per heavy atom. The summed E-state index contributed by atoms with van der Waals surface area (Å²) in [6.45, 7) is 2.93. The molecule has 0 aliphatic carbocycles. The molecule has 0 saturated heterocycles. The molecule has 18 heavy (non-hydrogen) atoms. The number of aromatic nitrogens is 1. The fourth-order valence-electron chi connectivity index (χ4n) is 1.91. The van der Waals surface area contributed by atoms with Crippen molar-refractivity contribution in [2.24, 2.45) is 0 Å². The summed E-state index contributed by atoms with van der Waals surface area (Å²) in [6, 6.07) is 3.56. The van der Waals surface area contributed by atoms with Crippen LogP contribution in [0.3, 0.4) is 0 Å². The fraction of sp³-hybridized carbons (Fsp3) is 0.571. The van der Waals surface area contributed by atoms with Crippen molar-refractivity contribution in [1.82, 2.24) is 14.8 Å². The van der Waals surface area contributed by atoms with Crippen molar-refractivity contribution in [3.8, 4) is 0 Å². The van der Waals surface area contributed by atoms with Crippen molar-refractivity contribution in [3.05, 3.63) is 30.1 Å². The van der Waals surface area contributed by atoms with E-state index in [0.717, 1.165) is 24.9 Å². The minimum Gasteiger partial charge on any atom is -0.344 e. The summed E-state index contributed by atoms with van der Waals surface area (Å²) in [4.78, 5) is 20.3. The molecule has 1 aromatic rings. The molecular formula is C14H23N3O. The highest BCUT2D eigenvalue weighted by molar-refractivity contribution is 5.82. The van der Waals surface area contributed by atoms with Gasteiger partial charge in [-0.15, -0.1) is 0 Å². The predicted molar refractivity (Wildman–Crippen MR) is 73.2 cm³/mol. The molecule has 0 aromatic carbocycles. The molecule has 4 nitrogen and oxygen atoms in total. The van der Waals surface area contributed by atoms with Crippen LogP contribution in [0.1, 0.15) is 31.4 Å². The third-order valence-corrected chi connectivity index (χ3v) is 2.97. The van der Waals surface area contributed by atoms with Gasteiger partial charge in [0.2, 0.25) is 5.91 Å². The van der Waals surface area contributed by atoms with Gasteiger partial charge in [-0.1, -0.05) is 19.4 Å². The van der Waals surface area contributed by atoms with E-state index >= 15 is 0 Å². The number of carbonyl (C=O) groups excluding carboxylic acids is 1. The molecule has 0 radical (unpaired) electrons. The van der Waals surface area contributed by atoms with Crippen molar-refractivity contribution < 1.29 is 4.79 Å². The van der Waals surface area contributed by atoms with Crippen molar-refractivity contribution >= 4 is 5.91 Å². The molecule has 1 rings (SSSR count). The first-order valence-corrected chi connectivity index (χ1v) is 6.39. The maximum atomic E-state index is 12.4. The number of hydrogen-bond acceptors (Lipinski definition) is 3. The lowest BCUT2D eigenvalue weighted by atomic mass is 10.1. The van der Waals surface area contributed by atoms with Crippen LogP contribution < -0.4 is 0 Å². The van der Waals surface area contributed by atoms with Crippen LogP contribution in [0.15, 0.2) is 24.5 Å². The first-order chi connectivity index (χ1) is 8.57. The third-order valence-electron chi connectivity index (χ3n) is 2.97. The molecule has 0 saturated carbocycles. The van der Waals surface area contributed by atoms with E-state index < -0.39 is 0 Å². The molecule has 0 N–H and O–H groups in total. The molecule has 1 unspecified atom stereocenters. The van der Waals surface area contributed by atoms with E-state index in [2.05, 4.69) is 11.9 Å². The molecule has 1 heterocycles. The van der Waals surface area contributed by atoms with Gasteiger partial charge >= 0.3 is 0 Å². The van der Waals surface area contributed by atoms with E-state index in [1.807, 2.05) is 38.2 Å². The Labute approximate surface area is 110 Å². The molecule has 1 atom stereocenters. The van der Waals surface area contributed by atoms with Gasteiger partial charge in [0.05, 0.1) is 0 Å². The number of likely N-dealkylation sites (N-methyl/N-ethyl adjacent to an activating group) is 2. The van der Waals surface area contributed by atoms with Crippen LogP contribution in [0, 0.1) is 0 Å². The lowest BCUT2D eigenvalue weighted by molar-refractivity contribution is -0.135. The number of carbonyl (C=O) groups is 1. The van der Waals surface area contributed by atoms with Gasteiger partial charge in [-0.25, -0.2) is 0 Å². The van der Waals surface area contributed by atoms with Crippen molar-refractivity contribution in [2.45, 2.75) is 25.8 Å². The SMILES string of the molecule is CCCCN(C)C(=O)C(c1cccnc1)N(C)C. The third kappa shape index (κ3) is 3.81. The van der Waals surface area contributed by atoms with Gasteiger partial charge in [0, 0.05) is 26.0 Å². The average Bonchev–Trinajstić information content (AvgIpc) is 2.36. The van der Waals surface area contributed by atoms with E-state index in [1.54, 1.807) is 17.3 Å². The van der Waals surface area contributed by atoms with Gasteiger partial charge in [0.25, 0.3) is 0 Å². The lowest BCUT2D eigenvalue weighted by Crippen LogP contribution is -2.38. The van der Waals surface area contributed by atoms with E-state index in [-0.39, 0.29) is 11.9 Å². The molecule has 1 aromatic heterocycles. The van der Waals surface area contributed by atoms with Crippen LogP contribution in [0.5, 0.6) is 0 Å². The molecule has 4 heteroatoms. The Morgan fingerprint density at radius 3 is 2.61 bits per heavy atom. The first-order valence-electron chi connectivity index (χ1n) is 6.39. The number of hydrogen-bond donors (Lipinski definition) is 0. The molecule has 0 bridgehead atoms. The highest BCUT2D eigenvalue weighted by atomic mass is 16.2. The van der Waals surface area contributed by atoms with Crippen LogP contribution >= 0.6 is 0 Å². The van der Waals surface area contributed by atoms with Crippen LogP contribution in [-0.4, -0.2) is 48.4 Å². The van der Waals surface area contributed by atoms with Crippen LogP contribution in [-0.2, 0) is 4.79 Å². The highest BCUT2D eigenvalue weighted by Gasteiger charge is 2.25. The van der Waals surface area contributed by atoms with Gasteiger partial charge in [0.1, 0.15) is 6.04 Å². The van der Waals surface area contributed by atoms with Crippen molar-refractivity contribution in [3.63, 3.8) is 0 Å². The minimum absolute atomic E-state index is 0.126. The molecule has 1 amide bonds. The molecule has 0 spiro atoms. The van der Waals surface area contributed by atoms with Crippen LogP contribution in [0.2, 0.25) is 0 Å². The molecule has 100 valence electrons. The van der Waals surface area contributed by atoms with Crippen molar-refractivity contribution in [1.29, 1.82) is 0 Å². The average molecular weight is 249 g/mol. The van der Waals surface area contributed by atoms with E-state index in [9.17, 15) is 4.79 Å². The maximum absolute atomic E-state index is 12.4. The van der Waals surface area contributed by atoms with E-state index in [4.69, 9.17) is 0 Å². The summed E-state index contributed by atoms with van der Waals surface area (Å²) in [6.07, 6.45) is 5.62. The second-order valence-corrected chi connectivity index (χ2v) is 4.77. The van der Waals surface area contributed by atoms with E-state index in [0.29, 0.717) is 0 Å². The first kappa shape index (κ1) is 14.6. The molecular weight excluding hydrogens is 226 g/mol. The highest BCUT2D eigenvalue weighted by Crippen LogP contribution is 2.19. The number of nitrogens with zero attached hydrogens (tertiary/aromatic N) is 3. The van der Waals surface area contributed by atoms with Gasteiger partial charge < -0.3 is 4.90 Å². The fourth-order valence-corrected chi connectivity index (χ4v) is 1.91. The monoisotopic (exact) mass is 249 g/mol. The van der Waals surface area contributed by atoms with Crippen molar-refractivity contribution in [2.75, 3.05) is 27.7 Å². The van der Waals surface area contributed by atoms with Crippen LogP contribution in [0.25, 0.3) is 0 Å². The standard InChI is InChI=1S/C14H23N3O/c1-5-6-10-17(4)14(18)13(16(2)3)12-8-7-9-15-11-12/h7-9,11,13H,5-6,10H2,1-4H3. The van der Waals surface area contributed by atoms with Gasteiger partial charge in [0.15, 0.2) is 0 Å². The smallest absolute Gasteiger partial charge is 0.244 e. The van der Waals surface area contributed by atoms with Gasteiger partial charge in [-0.2, -0.15) is 0 Å². The second-order valence-electron chi connectivity index (χ2n) is 4.77. The Bertz CT molecular complexity index is 365. The lowest BCUT2D eigenvalue weighted by Gasteiger charge is -2.28. The zero-order valence-electron chi connectivity index (χ0n) is 11.8. The number of rotatable bonds is 6. The van der Waals surface area contributed by atoms with Gasteiger partial charge in [-0.05, 0) is 32.1 Å². The number of unbranched alkanes of at least 4 members (excludes halogenated alkanes) is 1. The Morgan fingerprint density at radius 2 is 2.11 bits per heavy atom. The summed E-state index contributed by atoms with van der Waals surface area (Å²) in [7, 11) is 5.71. The van der Waals surface area contributed by atoms with Gasteiger partial charge in [-0.3, -0.25) is 14.7 Å². The zero-order chi connectivity index (χ0) is 13.5. The Kier molecular flexibility index (Phi) is 5.78. The predicted octanol–water partition coefficient (Wildman–Crippen LogP) is 1.94. The topological polar surface area (TPSA) is 36.4 Å². The molecule has 0 aliphatic heterocycles. The maximum Gasteiger partial charge on any atom is 0.244 e. The summed E-state index contributed by atoms with van der Waals surface area (Å²) in [5.74, 6) is 0.126. The minimum atomic E-state index is -0.249. The summed E-state index contributed by atoms with van der Waals surface area (Å²) >= 11 is 0. The normalized spacial score (nSPS) is 12.5. The summed E-state index contributed by atoms with van der Waals surface area (Å²) < 4.78 is 0. The molecule has 0 aliphatic rings. The molecule has 0 fully saturated rings. The quantitative estimate of drug-likeness (QED) is 0.773. The Hall–Kier alpha value is -1.42. The number of amides is 1. The Balaban J connectivity index is 2.83. The number of pyridine rings is 1. The van der Waals surface area contributed by atoms with Crippen LogP contribution in [0.4, 0.5) is 0 Å². The largest absolute Gasteiger partial charge is 0.344 e. The zero-order valence-corrected chi connectivity index (χ0v) is 11.8. The summed E-state index contributed by atoms with van der Waals surface area (Å²) in [5, 5.41) is 0. The second kappa shape index (κ2) is 7.11. The summed E-state index contributed by atoms with van der Waals surface area (Å²) in [5.41, 5.74) is 0.941. The van der Waals surface area contributed by atoms with E-state index in [1.165, 1.54) is 0 Å².